The Morgan fingerprint density at radius 2 is 1.91 bits per heavy atom. The largest absolute Gasteiger partial charge is 0.379 e. The molecule has 6 nitrogen and oxygen atoms in total. The first kappa shape index (κ1) is 21.0. The molecule has 9 heteroatoms. The third kappa shape index (κ3) is 3.98. The lowest BCUT2D eigenvalue weighted by atomic mass is 10.1. The fourth-order valence-electron chi connectivity index (χ4n) is 3.91. The maximum absolute atomic E-state index is 14.3. The van der Waals surface area contributed by atoms with E-state index in [2.05, 4.69) is 21.0 Å². The molecule has 4 aromatic rings. The van der Waals surface area contributed by atoms with Crippen LogP contribution in [0, 0.1) is 18.6 Å². The van der Waals surface area contributed by atoms with Gasteiger partial charge in [-0.05, 0) is 48.7 Å². The molecule has 0 spiro atoms. The molecule has 1 fully saturated rings. The highest BCUT2D eigenvalue weighted by atomic mass is 79.9. The Labute approximate surface area is 192 Å². The Morgan fingerprint density at radius 3 is 2.62 bits per heavy atom. The summed E-state index contributed by atoms with van der Waals surface area (Å²) in [6.45, 7) is 3.03. The van der Waals surface area contributed by atoms with Gasteiger partial charge in [0.25, 0.3) is 0 Å². The van der Waals surface area contributed by atoms with E-state index in [1.165, 1.54) is 22.9 Å². The molecule has 5 rings (SSSR count). The summed E-state index contributed by atoms with van der Waals surface area (Å²) < 4.78 is 38.3. The van der Waals surface area contributed by atoms with Crippen LogP contribution in [0.2, 0.25) is 0 Å². The Balaban J connectivity index is 1.58. The van der Waals surface area contributed by atoms with Crippen molar-refractivity contribution in [3.05, 3.63) is 81.7 Å². The van der Waals surface area contributed by atoms with Gasteiger partial charge < -0.3 is 4.74 Å². The Hall–Kier alpha value is -2.91. The second-order valence-electron chi connectivity index (χ2n) is 7.80. The standard InChI is InChI=1S/C23H20BrF2N5O/c1-14-12-30(22-18(25)6-3-7-19(22)26)29-21(14)23-27-20(11-15-4-2-5-16(24)10-15)28-31(23)17-8-9-32-13-17/h2-7,10,12,17H,8-9,11,13H2,1H3. The molecule has 0 N–H and O–H groups in total. The molecule has 1 aliphatic heterocycles. The molecular formula is C23H20BrF2N5O. The summed E-state index contributed by atoms with van der Waals surface area (Å²) >= 11 is 3.50. The number of hydrogen-bond donors (Lipinski definition) is 0. The summed E-state index contributed by atoms with van der Waals surface area (Å²) in [6.07, 6.45) is 2.97. The molecule has 0 radical (unpaired) electrons. The molecule has 164 valence electrons. The normalized spacial score (nSPS) is 16.1. The van der Waals surface area contributed by atoms with Crippen LogP contribution in [0.5, 0.6) is 0 Å². The minimum atomic E-state index is -0.681. The minimum Gasteiger partial charge on any atom is -0.379 e. The van der Waals surface area contributed by atoms with Gasteiger partial charge in [-0.2, -0.15) is 10.2 Å². The average Bonchev–Trinajstić information content (AvgIpc) is 3.48. The number of benzene rings is 2. The van der Waals surface area contributed by atoms with Gasteiger partial charge in [0.05, 0.1) is 12.6 Å². The highest BCUT2D eigenvalue weighted by Crippen LogP contribution is 2.29. The highest BCUT2D eigenvalue weighted by Gasteiger charge is 2.26. The summed E-state index contributed by atoms with van der Waals surface area (Å²) in [5, 5.41) is 9.27. The van der Waals surface area contributed by atoms with E-state index >= 15 is 0 Å². The maximum atomic E-state index is 14.3. The second-order valence-corrected chi connectivity index (χ2v) is 8.71. The van der Waals surface area contributed by atoms with Crippen molar-refractivity contribution in [1.82, 2.24) is 24.5 Å². The fraction of sp³-hybridized carbons (Fsp3) is 0.261. The highest BCUT2D eigenvalue weighted by molar-refractivity contribution is 9.10. The van der Waals surface area contributed by atoms with Gasteiger partial charge in [0.15, 0.2) is 23.3 Å². The number of ether oxygens (including phenoxy) is 1. The van der Waals surface area contributed by atoms with Crippen LogP contribution in [0.3, 0.4) is 0 Å². The van der Waals surface area contributed by atoms with Gasteiger partial charge in [-0.3, -0.25) is 0 Å². The number of para-hydroxylation sites is 1. The van der Waals surface area contributed by atoms with Crippen LogP contribution in [0.1, 0.15) is 29.4 Å². The lowest BCUT2D eigenvalue weighted by Crippen LogP contribution is -2.13. The second kappa shape index (κ2) is 8.55. The van der Waals surface area contributed by atoms with E-state index < -0.39 is 11.6 Å². The first-order valence-electron chi connectivity index (χ1n) is 10.3. The zero-order valence-electron chi connectivity index (χ0n) is 17.3. The molecule has 1 aliphatic rings. The molecule has 0 bridgehead atoms. The van der Waals surface area contributed by atoms with Crippen LogP contribution in [0.25, 0.3) is 17.2 Å². The average molecular weight is 500 g/mol. The van der Waals surface area contributed by atoms with Crippen LogP contribution < -0.4 is 0 Å². The van der Waals surface area contributed by atoms with Crippen molar-refractivity contribution in [1.29, 1.82) is 0 Å². The van der Waals surface area contributed by atoms with Gasteiger partial charge >= 0.3 is 0 Å². The molecule has 1 unspecified atom stereocenters. The summed E-state index contributed by atoms with van der Waals surface area (Å²) in [7, 11) is 0. The Morgan fingerprint density at radius 1 is 1.12 bits per heavy atom. The summed E-state index contributed by atoms with van der Waals surface area (Å²) in [5.41, 5.74) is 2.13. The third-order valence-corrected chi connectivity index (χ3v) is 5.95. The summed E-state index contributed by atoms with van der Waals surface area (Å²) in [6, 6.07) is 11.8. The fourth-order valence-corrected chi connectivity index (χ4v) is 4.35. The summed E-state index contributed by atoms with van der Waals surface area (Å²) in [5.74, 6) is -0.144. The van der Waals surface area contributed by atoms with E-state index in [4.69, 9.17) is 14.8 Å². The van der Waals surface area contributed by atoms with E-state index in [0.29, 0.717) is 37.0 Å². The molecule has 1 saturated heterocycles. The smallest absolute Gasteiger partial charge is 0.179 e. The number of hydrogen-bond acceptors (Lipinski definition) is 4. The van der Waals surface area contributed by atoms with Crippen LogP contribution in [0.15, 0.2) is 53.1 Å². The Kier molecular flexibility index (Phi) is 5.60. The van der Waals surface area contributed by atoms with Crippen molar-refractivity contribution in [3.63, 3.8) is 0 Å². The number of rotatable bonds is 5. The van der Waals surface area contributed by atoms with E-state index in [-0.39, 0.29) is 11.7 Å². The number of aryl methyl sites for hydroxylation is 1. The van der Waals surface area contributed by atoms with Crippen LogP contribution >= 0.6 is 15.9 Å². The van der Waals surface area contributed by atoms with Crippen molar-refractivity contribution in [2.24, 2.45) is 0 Å². The van der Waals surface area contributed by atoms with Crippen LogP contribution in [-0.4, -0.2) is 37.8 Å². The van der Waals surface area contributed by atoms with Crippen molar-refractivity contribution in [3.8, 4) is 17.2 Å². The van der Waals surface area contributed by atoms with Gasteiger partial charge in [-0.1, -0.05) is 34.1 Å². The first-order chi connectivity index (χ1) is 15.5. The van der Waals surface area contributed by atoms with Gasteiger partial charge in [-0.25, -0.2) is 23.1 Å². The first-order valence-corrected chi connectivity index (χ1v) is 11.1. The quantitative estimate of drug-likeness (QED) is 0.386. The molecule has 32 heavy (non-hydrogen) atoms. The van der Waals surface area contributed by atoms with E-state index in [9.17, 15) is 8.78 Å². The van der Waals surface area contributed by atoms with Crippen LogP contribution in [-0.2, 0) is 11.2 Å². The lowest BCUT2D eigenvalue weighted by molar-refractivity contribution is 0.184. The number of aromatic nitrogens is 5. The Bertz CT molecular complexity index is 1260. The molecule has 1 atom stereocenters. The van der Waals surface area contributed by atoms with Crippen molar-refractivity contribution < 1.29 is 13.5 Å². The van der Waals surface area contributed by atoms with Crippen molar-refractivity contribution in [2.75, 3.05) is 13.2 Å². The van der Waals surface area contributed by atoms with Crippen LogP contribution in [0.4, 0.5) is 8.78 Å². The molecule has 2 aromatic carbocycles. The minimum absolute atomic E-state index is 0.0310. The van der Waals surface area contributed by atoms with Crippen molar-refractivity contribution in [2.45, 2.75) is 25.8 Å². The van der Waals surface area contributed by atoms with Gasteiger partial charge in [-0.15, -0.1) is 0 Å². The molecule has 0 aliphatic carbocycles. The summed E-state index contributed by atoms with van der Waals surface area (Å²) in [4.78, 5) is 4.78. The molecule has 0 amide bonds. The van der Waals surface area contributed by atoms with E-state index in [0.717, 1.165) is 22.0 Å². The molecular weight excluding hydrogens is 480 g/mol. The van der Waals surface area contributed by atoms with E-state index in [1.807, 2.05) is 35.9 Å². The van der Waals surface area contributed by atoms with Crippen molar-refractivity contribution >= 4 is 15.9 Å². The topological polar surface area (TPSA) is 57.8 Å². The number of nitrogens with zero attached hydrogens (tertiary/aromatic N) is 5. The monoisotopic (exact) mass is 499 g/mol. The van der Waals surface area contributed by atoms with Gasteiger partial charge in [0, 0.05) is 23.7 Å². The SMILES string of the molecule is Cc1cn(-c2c(F)cccc2F)nc1-c1nc(Cc2cccc(Br)c2)nn1C1CCOC1. The number of halogens is 3. The lowest BCUT2D eigenvalue weighted by Gasteiger charge is -2.10. The molecule has 2 aromatic heterocycles. The predicted molar refractivity (Wildman–Crippen MR) is 119 cm³/mol. The maximum Gasteiger partial charge on any atom is 0.179 e. The third-order valence-electron chi connectivity index (χ3n) is 5.45. The van der Waals surface area contributed by atoms with Gasteiger partial charge in [0.2, 0.25) is 0 Å². The zero-order chi connectivity index (χ0) is 22.2. The van der Waals surface area contributed by atoms with E-state index in [1.54, 1.807) is 6.20 Å². The molecule has 3 heterocycles. The predicted octanol–water partition coefficient (Wildman–Crippen LogP) is 5.03. The van der Waals surface area contributed by atoms with Gasteiger partial charge in [0.1, 0.15) is 11.4 Å². The zero-order valence-corrected chi connectivity index (χ0v) is 18.9. The molecule has 0 saturated carbocycles.